The molecule has 1 amide bonds. The van der Waals surface area contributed by atoms with E-state index in [9.17, 15) is 9.59 Å². The average molecular weight is 380 g/mol. The Bertz CT molecular complexity index is 907. The standard InChI is InChI=1S/C20H20N4O2S/c1-2-6-19(26)22-16-11-9-15(10-12-16)18(25)13-27-20-23-21-14-24(20)17-7-4-3-5-8-17/h3-5,7-12,14H,2,6,13H2,1H3,(H,22,26). The second-order valence-electron chi connectivity index (χ2n) is 5.91. The monoisotopic (exact) mass is 380 g/mol. The van der Waals surface area contributed by atoms with Crippen molar-refractivity contribution in [3.63, 3.8) is 0 Å². The van der Waals surface area contributed by atoms with Crippen LogP contribution in [0.3, 0.4) is 0 Å². The summed E-state index contributed by atoms with van der Waals surface area (Å²) in [4.78, 5) is 24.1. The zero-order valence-electron chi connectivity index (χ0n) is 15.0. The molecule has 6 nitrogen and oxygen atoms in total. The summed E-state index contributed by atoms with van der Waals surface area (Å²) in [5, 5.41) is 11.5. The second-order valence-corrected chi connectivity index (χ2v) is 6.85. The van der Waals surface area contributed by atoms with E-state index < -0.39 is 0 Å². The fraction of sp³-hybridized carbons (Fsp3) is 0.200. The van der Waals surface area contributed by atoms with Gasteiger partial charge in [0.25, 0.3) is 0 Å². The predicted molar refractivity (Wildman–Crippen MR) is 106 cm³/mol. The Morgan fingerprint density at radius 3 is 2.52 bits per heavy atom. The third-order valence-corrected chi connectivity index (χ3v) is 4.79. The summed E-state index contributed by atoms with van der Waals surface area (Å²) in [6.07, 6.45) is 2.92. The number of hydrogen-bond donors (Lipinski definition) is 1. The molecule has 0 atom stereocenters. The fourth-order valence-electron chi connectivity index (χ4n) is 2.49. The molecule has 7 heteroatoms. The summed E-state index contributed by atoms with van der Waals surface area (Å²) in [5.74, 6) is 0.231. The number of benzene rings is 2. The molecule has 2 aromatic carbocycles. The van der Waals surface area contributed by atoms with Crippen LogP contribution in [0.25, 0.3) is 5.69 Å². The molecule has 0 aliphatic heterocycles. The molecule has 0 saturated heterocycles. The summed E-state index contributed by atoms with van der Waals surface area (Å²) in [6, 6.07) is 16.7. The maximum atomic E-state index is 12.5. The van der Waals surface area contributed by atoms with Crippen LogP contribution < -0.4 is 5.32 Å². The number of Topliss-reactive ketones (excluding diaryl/α,β-unsaturated/α-hetero) is 1. The van der Waals surface area contributed by atoms with Gasteiger partial charge in [-0.1, -0.05) is 36.9 Å². The molecule has 0 aliphatic rings. The lowest BCUT2D eigenvalue weighted by Crippen LogP contribution is -2.11. The van der Waals surface area contributed by atoms with E-state index in [4.69, 9.17) is 0 Å². The number of nitrogens with one attached hydrogen (secondary N) is 1. The number of carbonyl (C=O) groups excluding carboxylic acids is 2. The lowest BCUT2D eigenvalue weighted by atomic mass is 10.1. The highest BCUT2D eigenvalue weighted by atomic mass is 32.2. The Morgan fingerprint density at radius 2 is 1.81 bits per heavy atom. The van der Waals surface area contributed by atoms with Gasteiger partial charge in [0.05, 0.1) is 5.75 Å². The molecular formula is C20H20N4O2S. The number of carbonyl (C=O) groups is 2. The summed E-state index contributed by atoms with van der Waals surface area (Å²) < 4.78 is 1.85. The van der Waals surface area contributed by atoms with Gasteiger partial charge in [-0.25, -0.2) is 0 Å². The van der Waals surface area contributed by atoms with Crippen LogP contribution in [0, 0.1) is 0 Å². The number of nitrogens with zero attached hydrogens (tertiary/aromatic N) is 3. The number of amides is 1. The Balaban J connectivity index is 1.60. The number of thioether (sulfide) groups is 1. The summed E-state index contributed by atoms with van der Waals surface area (Å²) in [7, 11) is 0. The van der Waals surface area contributed by atoms with Gasteiger partial charge in [-0.2, -0.15) is 0 Å². The molecule has 1 heterocycles. The molecule has 3 rings (SSSR count). The third-order valence-electron chi connectivity index (χ3n) is 3.85. The Labute approximate surface area is 162 Å². The minimum atomic E-state index is -0.0209. The largest absolute Gasteiger partial charge is 0.326 e. The van der Waals surface area contributed by atoms with Crippen LogP contribution in [0.5, 0.6) is 0 Å². The van der Waals surface area contributed by atoms with Crippen LogP contribution in [0.15, 0.2) is 66.1 Å². The van der Waals surface area contributed by atoms with Gasteiger partial charge >= 0.3 is 0 Å². The van der Waals surface area contributed by atoms with Crippen LogP contribution in [-0.2, 0) is 4.79 Å². The molecular weight excluding hydrogens is 360 g/mol. The van der Waals surface area contributed by atoms with Crippen molar-refractivity contribution in [3.8, 4) is 5.69 Å². The van der Waals surface area contributed by atoms with E-state index in [1.54, 1.807) is 30.6 Å². The van der Waals surface area contributed by atoms with Crippen molar-refractivity contribution in [2.24, 2.45) is 0 Å². The molecule has 1 aromatic heterocycles. The predicted octanol–water partition coefficient (Wildman–Crippen LogP) is 3.98. The van der Waals surface area contributed by atoms with Crippen LogP contribution >= 0.6 is 11.8 Å². The minimum absolute atomic E-state index is 0.00551. The molecule has 0 spiro atoms. The molecule has 138 valence electrons. The van der Waals surface area contributed by atoms with E-state index >= 15 is 0 Å². The maximum Gasteiger partial charge on any atom is 0.224 e. The molecule has 0 saturated carbocycles. The zero-order chi connectivity index (χ0) is 19.1. The van der Waals surface area contributed by atoms with Crippen LogP contribution in [-0.4, -0.2) is 32.2 Å². The zero-order valence-corrected chi connectivity index (χ0v) is 15.8. The quantitative estimate of drug-likeness (QED) is 0.472. The smallest absolute Gasteiger partial charge is 0.224 e. The van der Waals surface area contributed by atoms with Crippen molar-refractivity contribution in [2.45, 2.75) is 24.9 Å². The summed E-state index contributed by atoms with van der Waals surface area (Å²) in [5.41, 5.74) is 2.24. The number of ketones is 1. The molecule has 27 heavy (non-hydrogen) atoms. The van der Waals surface area contributed by atoms with Crippen LogP contribution in [0.1, 0.15) is 30.1 Å². The molecule has 1 N–H and O–H groups in total. The highest BCUT2D eigenvalue weighted by molar-refractivity contribution is 7.99. The molecule has 0 aliphatic carbocycles. The second kappa shape index (κ2) is 9.14. The SMILES string of the molecule is CCCC(=O)Nc1ccc(C(=O)CSc2nncn2-c2ccccc2)cc1. The highest BCUT2D eigenvalue weighted by Gasteiger charge is 2.12. The first-order valence-corrected chi connectivity index (χ1v) is 9.67. The third kappa shape index (κ3) is 5.04. The molecule has 3 aromatic rings. The first-order valence-electron chi connectivity index (χ1n) is 8.68. The van der Waals surface area contributed by atoms with Gasteiger partial charge in [0.2, 0.25) is 5.91 Å². The number of aromatic nitrogens is 3. The minimum Gasteiger partial charge on any atom is -0.326 e. The van der Waals surface area contributed by atoms with E-state index in [0.29, 0.717) is 22.8 Å². The van der Waals surface area contributed by atoms with Crippen molar-refractivity contribution in [2.75, 3.05) is 11.1 Å². The normalized spacial score (nSPS) is 10.6. The lowest BCUT2D eigenvalue weighted by Gasteiger charge is -2.07. The van der Waals surface area contributed by atoms with E-state index in [0.717, 1.165) is 12.1 Å². The summed E-state index contributed by atoms with van der Waals surface area (Å²) in [6.45, 7) is 1.96. The van der Waals surface area contributed by atoms with Gasteiger partial charge < -0.3 is 5.32 Å². The van der Waals surface area contributed by atoms with E-state index in [-0.39, 0.29) is 17.4 Å². The van der Waals surface area contributed by atoms with Crippen LogP contribution in [0.2, 0.25) is 0 Å². The molecule has 0 radical (unpaired) electrons. The van der Waals surface area contributed by atoms with Gasteiger partial charge in [0, 0.05) is 23.4 Å². The van der Waals surface area contributed by atoms with Crippen molar-refractivity contribution >= 4 is 29.1 Å². The van der Waals surface area contributed by atoms with Crippen molar-refractivity contribution < 1.29 is 9.59 Å². The fourth-order valence-corrected chi connectivity index (χ4v) is 3.32. The Hall–Kier alpha value is -2.93. The van der Waals surface area contributed by atoms with Gasteiger partial charge in [0.15, 0.2) is 10.9 Å². The Kier molecular flexibility index (Phi) is 6.38. The molecule has 0 fully saturated rings. The topological polar surface area (TPSA) is 76.9 Å². The van der Waals surface area contributed by atoms with Crippen molar-refractivity contribution in [3.05, 3.63) is 66.5 Å². The highest BCUT2D eigenvalue weighted by Crippen LogP contribution is 2.21. The number of hydrogen-bond acceptors (Lipinski definition) is 5. The first-order chi connectivity index (χ1) is 13.2. The van der Waals surface area contributed by atoms with Crippen molar-refractivity contribution in [1.82, 2.24) is 14.8 Å². The van der Waals surface area contributed by atoms with Gasteiger partial charge in [0.1, 0.15) is 6.33 Å². The number of rotatable bonds is 8. The van der Waals surface area contributed by atoms with E-state index in [1.807, 2.05) is 41.8 Å². The van der Waals surface area contributed by atoms with E-state index in [1.165, 1.54) is 11.8 Å². The number of para-hydroxylation sites is 1. The maximum absolute atomic E-state index is 12.5. The average Bonchev–Trinajstić information content (AvgIpc) is 3.16. The Morgan fingerprint density at radius 1 is 1.07 bits per heavy atom. The summed E-state index contributed by atoms with van der Waals surface area (Å²) >= 11 is 1.34. The van der Waals surface area contributed by atoms with Gasteiger partial charge in [-0.3, -0.25) is 14.2 Å². The van der Waals surface area contributed by atoms with Gasteiger partial charge in [-0.15, -0.1) is 10.2 Å². The first kappa shape index (κ1) is 18.8. The van der Waals surface area contributed by atoms with Crippen LogP contribution in [0.4, 0.5) is 5.69 Å². The van der Waals surface area contributed by atoms with Gasteiger partial charge in [-0.05, 0) is 42.8 Å². The number of anilines is 1. The molecule has 0 unspecified atom stereocenters. The molecule has 0 bridgehead atoms. The lowest BCUT2D eigenvalue weighted by molar-refractivity contribution is -0.116. The van der Waals surface area contributed by atoms with Crippen molar-refractivity contribution in [1.29, 1.82) is 0 Å². The van der Waals surface area contributed by atoms with E-state index in [2.05, 4.69) is 15.5 Å².